The molecule has 0 bridgehead atoms. The summed E-state index contributed by atoms with van der Waals surface area (Å²) in [5.74, 6) is -1.06. The first-order valence-corrected chi connectivity index (χ1v) is 10.1. The van der Waals surface area contributed by atoms with Crippen LogP contribution in [0.25, 0.3) is 0 Å². The molecule has 0 radical (unpaired) electrons. The average Bonchev–Trinajstić information content (AvgIpc) is 3.16. The van der Waals surface area contributed by atoms with Crippen LogP contribution in [0.5, 0.6) is 0 Å². The number of amides is 1. The van der Waals surface area contributed by atoms with Gasteiger partial charge in [-0.05, 0) is 49.2 Å². The number of halogens is 1. The second-order valence-electron chi connectivity index (χ2n) is 6.38. The minimum absolute atomic E-state index is 0.0653. The average molecular weight is 392 g/mol. The minimum atomic E-state index is -3.67. The molecule has 1 heterocycles. The number of likely N-dealkylation sites (N-methyl/N-ethyl adjacent to an activating group) is 1. The molecule has 0 aromatic heterocycles. The van der Waals surface area contributed by atoms with E-state index in [0.29, 0.717) is 6.61 Å². The number of ether oxygens (including phenoxy) is 1. The van der Waals surface area contributed by atoms with E-state index in [0.717, 1.165) is 12.8 Å². The van der Waals surface area contributed by atoms with E-state index in [2.05, 4.69) is 5.32 Å². The molecule has 0 unspecified atom stereocenters. The zero-order valence-electron chi connectivity index (χ0n) is 14.9. The van der Waals surface area contributed by atoms with Crippen molar-refractivity contribution in [1.82, 2.24) is 4.31 Å². The topological polar surface area (TPSA) is 75.7 Å². The maximum Gasteiger partial charge on any atom is 0.255 e. The van der Waals surface area contributed by atoms with Crippen molar-refractivity contribution in [3.8, 4) is 0 Å². The molecule has 3 rings (SSSR count). The Morgan fingerprint density at radius 2 is 1.93 bits per heavy atom. The highest BCUT2D eigenvalue weighted by atomic mass is 32.2. The third-order valence-corrected chi connectivity index (χ3v) is 6.27. The van der Waals surface area contributed by atoms with Crippen molar-refractivity contribution in [1.29, 1.82) is 0 Å². The van der Waals surface area contributed by atoms with E-state index in [4.69, 9.17) is 4.74 Å². The third-order valence-electron chi connectivity index (χ3n) is 4.43. The number of hydrogen-bond donors (Lipinski definition) is 1. The largest absolute Gasteiger partial charge is 0.377 e. The maximum atomic E-state index is 13.6. The van der Waals surface area contributed by atoms with Crippen LogP contribution in [-0.2, 0) is 14.8 Å². The van der Waals surface area contributed by atoms with Crippen LogP contribution < -0.4 is 5.32 Å². The van der Waals surface area contributed by atoms with Crippen LogP contribution in [-0.4, -0.2) is 44.9 Å². The Morgan fingerprint density at radius 3 is 2.56 bits per heavy atom. The molecular weight excluding hydrogens is 371 g/mol. The van der Waals surface area contributed by atoms with Crippen LogP contribution in [0.2, 0.25) is 0 Å². The smallest absolute Gasteiger partial charge is 0.255 e. The van der Waals surface area contributed by atoms with Gasteiger partial charge in [-0.3, -0.25) is 4.79 Å². The van der Waals surface area contributed by atoms with Crippen molar-refractivity contribution in [2.75, 3.05) is 25.5 Å². The molecule has 0 spiro atoms. The number of rotatable bonds is 6. The van der Waals surface area contributed by atoms with Crippen LogP contribution in [0.1, 0.15) is 23.2 Å². The molecule has 8 heteroatoms. The van der Waals surface area contributed by atoms with Gasteiger partial charge in [-0.1, -0.05) is 12.1 Å². The second kappa shape index (κ2) is 8.16. The van der Waals surface area contributed by atoms with Crippen molar-refractivity contribution < 1.29 is 22.3 Å². The molecule has 1 amide bonds. The van der Waals surface area contributed by atoms with Gasteiger partial charge in [0, 0.05) is 25.8 Å². The predicted octanol–water partition coefficient (Wildman–Crippen LogP) is 2.88. The molecule has 1 aliphatic rings. The summed E-state index contributed by atoms with van der Waals surface area (Å²) in [6.45, 7) is 0.947. The molecule has 6 nitrogen and oxygen atoms in total. The fourth-order valence-corrected chi connectivity index (χ4v) is 4.09. The number of para-hydroxylation sites is 1. The number of carbonyl (C=O) groups excluding carboxylic acids is 1. The Labute approximate surface area is 158 Å². The summed E-state index contributed by atoms with van der Waals surface area (Å²) in [5.41, 5.74) is 0.300. The molecule has 0 saturated carbocycles. The lowest BCUT2D eigenvalue weighted by Gasteiger charge is -2.20. The van der Waals surface area contributed by atoms with Crippen molar-refractivity contribution >= 4 is 21.6 Å². The lowest BCUT2D eigenvalue weighted by atomic mass is 10.2. The number of nitrogens with one attached hydrogen (secondary N) is 1. The van der Waals surface area contributed by atoms with Gasteiger partial charge in [-0.2, -0.15) is 4.31 Å². The van der Waals surface area contributed by atoms with E-state index in [1.165, 1.54) is 53.8 Å². The summed E-state index contributed by atoms with van der Waals surface area (Å²) in [7, 11) is -2.16. The first-order chi connectivity index (χ1) is 12.9. The molecule has 2 aromatic rings. The van der Waals surface area contributed by atoms with E-state index >= 15 is 0 Å². The highest BCUT2D eigenvalue weighted by Crippen LogP contribution is 2.20. The normalized spacial score (nSPS) is 17.2. The van der Waals surface area contributed by atoms with E-state index in [9.17, 15) is 17.6 Å². The maximum absolute atomic E-state index is 13.6. The lowest BCUT2D eigenvalue weighted by molar-refractivity contribution is 0.0979. The fourth-order valence-electron chi connectivity index (χ4n) is 2.89. The zero-order valence-corrected chi connectivity index (χ0v) is 15.7. The summed E-state index contributed by atoms with van der Waals surface area (Å²) < 4.78 is 45.7. The monoisotopic (exact) mass is 392 g/mol. The highest BCUT2D eigenvalue weighted by molar-refractivity contribution is 7.89. The van der Waals surface area contributed by atoms with Gasteiger partial charge in [0.05, 0.1) is 16.7 Å². The summed E-state index contributed by atoms with van der Waals surface area (Å²) in [6.07, 6.45) is 1.69. The summed E-state index contributed by atoms with van der Waals surface area (Å²) >= 11 is 0. The number of sulfonamides is 1. The van der Waals surface area contributed by atoms with Crippen LogP contribution >= 0.6 is 0 Å². The van der Waals surface area contributed by atoms with E-state index in [1.807, 2.05) is 0 Å². The Kier molecular flexibility index (Phi) is 5.88. The van der Waals surface area contributed by atoms with Gasteiger partial charge in [-0.25, -0.2) is 12.8 Å². The Balaban J connectivity index is 1.70. The highest BCUT2D eigenvalue weighted by Gasteiger charge is 2.26. The summed E-state index contributed by atoms with van der Waals surface area (Å²) in [5, 5.41) is 2.47. The number of nitrogens with zero attached hydrogens (tertiary/aromatic N) is 1. The van der Waals surface area contributed by atoms with Crippen LogP contribution in [0.15, 0.2) is 53.4 Å². The van der Waals surface area contributed by atoms with E-state index < -0.39 is 21.7 Å². The molecule has 144 valence electrons. The van der Waals surface area contributed by atoms with Crippen molar-refractivity contribution in [3.63, 3.8) is 0 Å². The van der Waals surface area contributed by atoms with Gasteiger partial charge >= 0.3 is 0 Å². The SMILES string of the molecule is CN(C[C@H]1CCCO1)S(=O)(=O)c1ccc(C(=O)Nc2ccccc2F)cc1. The quantitative estimate of drug-likeness (QED) is 0.820. The van der Waals surface area contributed by atoms with E-state index in [-0.39, 0.29) is 28.8 Å². The first kappa shape index (κ1) is 19.5. The van der Waals surface area contributed by atoms with Gasteiger partial charge in [0.1, 0.15) is 5.82 Å². The number of carbonyl (C=O) groups is 1. The molecule has 0 aliphatic carbocycles. The molecule has 2 aromatic carbocycles. The van der Waals surface area contributed by atoms with Crippen LogP contribution in [0.4, 0.5) is 10.1 Å². The molecule has 27 heavy (non-hydrogen) atoms. The molecular formula is C19H21FN2O4S. The first-order valence-electron chi connectivity index (χ1n) is 8.62. The van der Waals surface area contributed by atoms with Crippen LogP contribution in [0.3, 0.4) is 0 Å². The Bertz CT molecular complexity index is 910. The Hall–Kier alpha value is -2.29. The lowest BCUT2D eigenvalue weighted by Crippen LogP contribution is -2.34. The minimum Gasteiger partial charge on any atom is -0.377 e. The number of benzene rings is 2. The zero-order chi connectivity index (χ0) is 19.4. The third kappa shape index (κ3) is 4.52. The van der Waals surface area contributed by atoms with Crippen molar-refractivity contribution in [2.45, 2.75) is 23.8 Å². The van der Waals surface area contributed by atoms with Gasteiger partial charge in [0.15, 0.2) is 0 Å². The van der Waals surface area contributed by atoms with Gasteiger partial charge < -0.3 is 10.1 Å². The summed E-state index contributed by atoms with van der Waals surface area (Å²) in [6, 6.07) is 11.4. The molecule has 1 saturated heterocycles. The molecule has 1 aliphatic heterocycles. The predicted molar refractivity (Wildman–Crippen MR) is 99.6 cm³/mol. The van der Waals surface area contributed by atoms with E-state index in [1.54, 1.807) is 6.07 Å². The molecule has 1 N–H and O–H groups in total. The Morgan fingerprint density at radius 1 is 1.22 bits per heavy atom. The standard InChI is InChI=1S/C19H21FN2O4S/c1-22(13-15-5-4-12-26-15)27(24,25)16-10-8-14(9-11-16)19(23)21-18-7-3-2-6-17(18)20/h2-3,6-11,15H,4-5,12-13H2,1H3,(H,21,23)/t15-/m1/s1. The molecule has 1 fully saturated rings. The second-order valence-corrected chi connectivity index (χ2v) is 8.42. The van der Waals surface area contributed by atoms with Crippen molar-refractivity contribution in [3.05, 3.63) is 59.9 Å². The van der Waals surface area contributed by atoms with Gasteiger partial charge in [0.25, 0.3) is 5.91 Å². The molecule has 1 atom stereocenters. The number of hydrogen-bond acceptors (Lipinski definition) is 4. The van der Waals surface area contributed by atoms with Crippen LogP contribution in [0, 0.1) is 5.82 Å². The summed E-state index contributed by atoms with van der Waals surface area (Å²) in [4.78, 5) is 12.3. The van der Waals surface area contributed by atoms with Gasteiger partial charge in [-0.15, -0.1) is 0 Å². The van der Waals surface area contributed by atoms with Crippen molar-refractivity contribution in [2.24, 2.45) is 0 Å². The van der Waals surface area contributed by atoms with Gasteiger partial charge in [0.2, 0.25) is 10.0 Å². The number of anilines is 1. The fraction of sp³-hybridized carbons (Fsp3) is 0.316.